The van der Waals surface area contributed by atoms with Gasteiger partial charge in [-0.2, -0.15) is 0 Å². The molecule has 1 spiro atoms. The Bertz CT molecular complexity index is 2820. The van der Waals surface area contributed by atoms with Crippen molar-refractivity contribution in [1.29, 1.82) is 0 Å². The lowest BCUT2D eigenvalue weighted by atomic mass is 9.70. The van der Waals surface area contributed by atoms with Crippen LogP contribution in [0, 0.1) is 0 Å². The molecule has 7 aromatic carbocycles. The first kappa shape index (κ1) is 32.4. The topological polar surface area (TPSA) is 38.7 Å². The molecule has 3 nitrogen and oxygen atoms in total. The van der Waals surface area contributed by atoms with E-state index in [-0.39, 0.29) is 0 Å². The highest BCUT2D eigenvalue weighted by atomic mass is 15.0. The van der Waals surface area contributed by atoms with E-state index in [9.17, 15) is 0 Å². The second-order valence-corrected chi connectivity index (χ2v) is 14.0. The largest absolute Gasteiger partial charge is 0.208 e. The van der Waals surface area contributed by atoms with E-state index < -0.39 is 5.41 Å². The van der Waals surface area contributed by atoms with Crippen LogP contribution in [0.25, 0.3) is 73.1 Å². The SMILES string of the molecule is C=C/C=C\C(=C)c1ccccc1-c1nc(-c2ccc3c(c2)-c2ccccc2C32c3ccccc3-c3ccccc32)nc(-c2ccccc2-c2ccccc2)n1. The summed E-state index contributed by atoms with van der Waals surface area (Å²) in [6.45, 7) is 8.24. The summed E-state index contributed by atoms with van der Waals surface area (Å²) in [4.78, 5) is 15.8. The Balaban J connectivity index is 1.21. The maximum atomic E-state index is 5.28. The summed E-state index contributed by atoms with van der Waals surface area (Å²) < 4.78 is 0. The lowest BCUT2D eigenvalue weighted by molar-refractivity contribution is 0.794. The van der Waals surface area contributed by atoms with Crippen LogP contribution in [-0.4, -0.2) is 15.0 Å². The first-order valence-electron chi connectivity index (χ1n) is 18.6. The monoisotopic (exact) mass is 701 g/mol. The molecule has 0 atom stereocenters. The normalized spacial score (nSPS) is 12.9. The van der Waals surface area contributed by atoms with Gasteiger partial charge in [0.15, 0.2) is 17.5 Å². The molecule has 0 unspecified atom stereocenters. The maximum absolute atomic E-state index is 5.28. The van der Waals surface area contributed by atoms with E-state index >= 15 is 0 Å². The summed E-state index contributed by atoms with van der Waals surface area (Å²) in [5, 5.41) is 0. The van der Waals surface area contributed by atoms with Crippen LogP contribution in [0.15, 0.2) is 201 Å². The number of allylic oxidation sites excluding steroid dienone is 4. The van der Waals surface area contributed by atoms with E-state index in [4.69, 9.17) is 15.0 Å². The van der Waals surface area contributed by atoms with E-state index in [1.807, 2.05) is 36.4 Å². The van der Waals surface area contributed by atoms with Crippen molar-refractivity contribution in [2.45, 2.75) is 5.41 Å². The fraction of sp³-hybridized carbons (Fsp3) is 0.0192. The molecular formula is C52H35N3. The van der Waals surface area contributed by atoms with Gasteiger partial charge in [0.05, 0.1) is 5.41 Å². The molecule has 10 rings (SSSR count). The van der Waals surface area contributed by atoms with Crippen molar-refractivity contribution < 1.29 is 0 Å². The maximum Gasteiger partial charge on any atom is 0.164 e. The molecule has 55 heavy (non-hydrogen) atoms. The van der Waals surface area contributed by atoms with Crippen LogP contribution in [0.1, 0.15) is 27.8 Å². The van der Waals surface area contributed by atoms with Crippen molar-refractivity contribution in [2.24, 2.45) is 0 Å². The highest BCUT2D eigenvalue weighted by Crippen LogP contribution is 2.62. The van der Waals surface area contributed by atoms with Gasteiger partial charge in [0.1, 0.15) is 0 Å². The molecule has 0 radical (unpaired) electrons. The average Bonchev–Trinajstić information content (AvgIpc) is 3.73. The van der Waals surface area contributed by atoms with Gasteiger partial charge in [0.2, 0.25) is 0 Å². The van der Waals surface area contributed by atoms with Crippen LogP contribution in [0.2, 0.25) is 0 Å². The predicted molar refractivity (Wildman–Crippen MR) is 226 cm³/mol. The molecule has 0 N–H and O–H groups in total. The Kier molecular flexibility index (Phi) is 7.67. The summed E-state index contributed by atoms with van der Waals surface area (Å²) in [6.07, 6.45) is 5.62. The molecule has 0 fully saturated rings. The van der Waals surface area contributed by atoms with Gasteiger partial charge >= 0.3 is 0 Å². The Morgan fingerprint density at radius 2 is 0.891 bits per heavy atom. The number of nitrogens with zero attached hydrogens (tertiary/aromatic N) is 3. The minimum atomic E-state index is -0.417. The summed E-state index contributed by atoms with van der Waals surface area (Å²) >= 11 is 0. The molecule has 1 heterocycles. The molecular weight excluding hydrogens is 667 g/mol. The number of benzene rings is 7. The summed E-state index contributed by atoms with van der Waals surface area (Å²) in [5.74, 6) is 1.80. The number of hydrogen-bond acceptors (Lipinski definition) is 3. The molecule has 0 amide bonds. The Hall–Kier alpha value is -7.23. The van der Waals surface area contributed by atoms with Gasteiger partial charge in [-0.05, 0) is 72.8 Å². The first-order valence-corrected chi connectivity index (χ1v) is 18.6. The summed E-state index contributed by atoms with van der Waals surface area (Å²) in [6, 6.07) is 60.3. The third kappa shape index (κ3) is 5.01. The van der Waals surface area contributed by atoms with Crippen LogP contribution < -0.4 is 0 Å². The van der Waals surface area contributed by atoms with Crippen molar-refractivity contribution in [3.05, 3.63) is 229 Å². The summed E-state index contributed by atoms with van der Waals surface area (Å²) in [5.41, 5.74) is 16.5. The molecule has 0 saturated heterocycles. The van der Waals surface area contributed by atoms with E-state index in [1.165, 1.54) is 44.5 Å². The minimum Gasteiger partial charge on any atom is -0.208 e. The first-order chi connectivity index (χ1) is 27.2. The third-order valence-corrected chi connectivity index (χ3v) is 11.1. The number of aromatic nitrogens is 3. The van der Waals surface area contributed by atoms with Crippen molar-refractivity contribution in [3.63, 3.8) is 0 Å². The van der Waals surface area contributed by atoms with Crippen LogP contribution >= 0.6 is 0 Å². The lowest BCUT2D eigenvalue weighted by Crippen LogP contribution is -2.25. The van der Waals surface area contributed by atoms with Crippen molar-refractivity contribution in [3.8, 4) is 67.5 Å². The smallest absolute Gasteiger partial charge is 0.164 e. The highest BCUT2D eigenvalue weighted by Gasteiger charge is 2.51. The molecule has 0 aliphatic heterocycles. The fourth-order valence-electron chi connectivity index (χ4n) is 8.76. The standard InChI is InChI=1S/C52H35N3/c1-3-4-18-34(2)37-21-8-10-26-42(37)50-53-49(54-51(55-50)43-27-11-9-22-38(43)35-19-6-5-7-20-35)36-31-32-48-44(33-36)41-25-14-17-30-47(41)52(48)45-28-15-12-23-39(45)40-24-13-16-29-46(40)52/h3-33H,1-2H2/b18-4-. The average molecular weight is 702 g/mol. The zero-order valence-electron chi connectivity index (χ0n) is 30.2. The lowest BCUT2D eigenvalue weighted by Gasteiger charge is -2.30. The molecule has 0 bridgehead atoms. The van der Waals surface area contributed by atoms with Crippen LogP contribution in [0.5, 0.6) is 0 Å². The van der Waals surface area contributed by atoms with E-state index in [0.29, 0.717) is 17.5 Å². The van der Waals surface area contributed by atoms with E-state index in [2.05, 4.69) is 159 Å². The quantitative estimate of drug-likeness (QED) is 0.155. The Morgan fingerprint density at radius 3 is 1.53 bits per heavy atom. The van der Waals surface area contributed by atoms with E-state index in [0.717, 1.165) is 39.0 Å². The molecule has 8 aromatic rings. The van der Waals surface area contributed by atoms with Gasteiger partial charge in [-0.15, -0.1) is 0 Å². The molecule has 1 aromatic heterocycles. The highest BCUT2D eigenvalue weighted by molar-refractivity contribution is 5.96. The van der Waals surface area contributed by atoms with Crippen LogP contribution in [0.4, 0.5) is 0 Å². The molecule has 2 aliphatic rings. The zero-order valence-corrected chi connectivity index (χ0v) is 30.2. The number of hydrogen-bond donors (Lipinski definition) is 0. The second kappa shape index (κ2) is 13.0. The fourth-order valence-corrected chi connectivity index (χ4v) is 8.76. The molecule has 0 saturated carbocycles. The van der Waals surface area contributed by atoms with Crippen molar-refractivity contribution in [1.82, 2.24) is 15.0 Å². The van der Waals surface area contributed by atoms with Crippen molar-refractivity contribution >= 4 is 5.57 Å². The van der Waals surface area contributed by atoms with Gasteiger partial charge in [-0.3, -0.25) is 0 Å². The second-order valence-electron chi connectivity index (χ2n) is 14.0. The van der Waals surface area contributed by atoms with Gasteiger partial charge in [0.25, 0.3) is 0 Å². The van der Waals surface area contributed by atoms with Crippen LogP contribution in [-0.2, 0) is 5.41 Å². The van der Waals surface area contributed by atoms with Gasteiger partial charge in [-0.1, -0.05) is 195 Å². The Morgan fingerprint density at radius 1 is 0.418 bits per heavy atom. The zero-order chi connectivity index (χ0) is 36.9. The molecule has 258 valence electrons. The third-order valence-electron chi connectivity index (χ3n) is 11.1. The van der Waals surface area contributed by atoms with Crippen LogP contribution in [0.3, 0.4) is 0 Å². The Labute approximate surface area is 321 Å². The predicted octanol–water partition coefficient (Wildman–Crippen LogP) is 12.6. The number of rotatable bonds is 7. The van der Waals surface area contributed by atoms with Gasteiger partial charge in [0, 0.05) is 16.7 Å². The van der Waals surface area contributed by atoms with Crippen molar-refractivity contribution in [2.75, 3.05) is 0 Å². The molecule has 2 aliphatic carbocycles. The van der Waals surface area contributed by atoms with Gasteiger partial charge in [-0.25, -0.2) is 15.0 Å². The van der Waals surface area contributed by atoms with E-state index in [1.54, 1.807) is 6.08 Å². The van der Waals surface area contributed by atoms with Gasteiger partial charge < -0.3 is 0 Å². The minimum absolute atomic E-state index is 0.417. The molecule has 3 heteroatoms. The summed E-state index contributed by atoms with van der Waals surface area (Å²) in [7, 11) is 0. The number of fused-ring (bicyclic) bond motifs is 10.